The third-order valence-corrected chi connectivity index (χ3v) is 15.0. The minimum absolute atomic E-state index is 0.0260. The van der Waals surface area contributed by atoms with Gasteiger partial charge in [0.2, 0.25) is 11.6 Å². The van der Waals surface area contributed by atoms with E-state index in [2.05, 4.69) is 27.7 Å². The molecule has 2 spiro atoms. The lowest BCUT2D eigenvalue weighted by Crippen LogP contribution is -2.70. The molecule has 8 heterocycles. The highest BCUT2D eigenvalue weighted by atomic mass is 31.2. The number of rotatable bonds is 7. The van der Waals surface area contributed by atoms with Crippen LogP contribution in [0.2, 0.25) is 0 Å². The summed E-state index contributed by atoms with van der Waals surface area (Å²) in [4.78, 5) is 24.4. The maximum absolute atomic E-state index is 13.9. The summed E-state index contributed by atoms with van der Waals surface area (Å²) < 4.78 is 57.5. The number of hydrogen-bond donors (Lipinski definition) is 0. The lowest BCUT2D eigenvalue weighted by atomic mass is 9.57. The number of phosphoric acid groups is 1. The van der Waals surface area contributed by atoms with Gasteiger partial charge in [0.1, 0.15) is 0 Å². The predicted molar refractivity (Wildman–Crippen MR) is 160 cm³/mol. The molecule has 2 aliphatic carbocycles. The first kappa shape index (κ1) is 33.0. The van der Waals surface area contributed by atoms with Crippen LogP contribution in [0.15, 0.2) is 0 Å². The number of fused-ring (bicyclic) bond motifs is 4. The Morgan fingerprint density at radius 1 is 0.630 bits per heavy atom. The van der Waals surface area contributed by atoms with Gasteiger partial charge in [-0.05, 0) is 87.9 Å². The largest absolute Gasteiger partial charge is 0.474 e. The molecule has 10 aliphatic rings. The summed E-state index contributed by atoms with van der Waals surface area (Å²) in [7, 11) is -2.61. The van der Waals surface area contributed by atoms with Crippen LogP contribution in [0.3, 0.4) is 0 Å². The van der Waals surface area contributed by atoms with Crippen molar-refractivity contribution in [2.75, 3.05) is 20.3 Å². The van der Waals surface area contributed by atoms with Crippen LogP contribution in [-0.2, 0) is 56.6 Å². The van der Waals surface area contributed by atoms with Gasteiger partial charge >= 0.3 is 7.82 Å². The van der Waals surface area contributed by atoms with E-state index in [1.807, 2.05) is 13.8 Å². The molecule has 0 aromatic rings. The molecule has 16 atom stereocenters. The Morgan fingerprint density at radius 3 is 1.48 bits per heavy atom. The van der Waals surface area contributed by atoms with Crippen molar-refractivity contribution in [1.29, 1.82) is 0 Å². The molecule has 8 aliphatic heterocycles. The van der Waals surface area contributed by atoms with E-state index in [4.69, 9.17) is 52.1 Å². The van der Waals surface area contributed by atoms with Crippen molar-refractivity contribution in [3.8, 4) is 0 Å². The van der Waals surface area contributed by atoms with E-state index in [-0.39, 0.29) is 48.7 Å². The summed E-state index contributed by atoms with van der Waals surface area (Å²) in [6, 6.07) is 0. The maximum atomic E-state index is 13.9. The molecule has 262 valence electrons. The molecule has 0 amide bonds. The van der Waals surface area contributed by atoms with Crippen molar-refractivity contribution < 1.29 is 56.6 Å². The molecule has 13 heteroatoms. The highest BCUT2D eigenvalue weighted by Gasteiger charge is 2.71. The molecule has 2 saturated carbocycles. The van der Waals surface area contributed by atoms with Gasteiger partial charge in [-0.2, -0.15) is 0 Å². The first-order valence-electron chi connectivity index (χ1n) is 17.7. The Morgan fingerprint density at radius 2 is 1.07 bits per heavy atom. The SMILES string of the molecule is COP(=O)(OC[C@H]1O[C@@H]2O[C@@]3(C)CC[C@H]4[C@H](C)CC[C@@H]([C@@H]1C)[C@@]24OO3)OC[C@H]1O[C@@H]2O[C@@]3(C)CC[C@H]4[C@H](C)CC[C@@H]([C@@H]1C)[C@@]24OO3. The first-order chi connectivity index (χ1) is 21.9. The molecule has 0 N–H and O–H groups in total. The fourth-order valence-electron chi connectivity index (χ4n) is 10.8. The third-order valence-electron chi connectivity index (χ3n) is 13.6. The minimum atomic E-state index is -3.96. The van der Waals surface area contributed by atoms with Crippen LogP contribution in [0.4, 0.5) is 0 Å². The summed E-state index contributed by atoms with van der Waals surface area (Å²) >= 11 is 0. The summed E-state index contributed by atoms with van der Waals surface area (Å²) in [5, 5.41) is 0. The predicted octanol–water partition coefficient (Wildman–Crippen LogP) is 6.28. The van der Waals surface area contributed by atoms with Crippen molar-refractivity contribution in [2.24, 2.45) is 47.3 Å². The second kappa shape index (κ2) is 11.4. The molecule has 8 saturated heterocycles. The van der Waals surface area contributed by atoms with Gasteiger partial charge < -0.3 is 18.9 Å². The van der Waals surface area contributed by atoms with Crippen LogP contribution in [0.5, 0.6) is 0 Å². The van der Waals surface area contributed by atoms with Crippen LogP contribution < -0.4 is 0 Å². The van der Waals surface area contributed by atoms with Gasteiger partial charge in [0.05, 0.1) is 25.4 Å². The molecule has 10 rings (SSSR count). The normalized spacial score (nSPS) is 56.1. The number of phosphoric ester groups is 1. The van der Waals surface area contributed by atoms with E-state index in [0.717, 1.165) is 51.4 Å². The van der Waals surface area contributed by atoms with Crippen molar-refractivity contribution in [2.45, 2.75) is 140 Å². The zero-order valence-electron chi connectivity index (χ0n) is 28.3. The molecule has 0 unspecified atom stereocenters. The quantitative estimate of drug-likeness (QED) is 0.224. The van der Waals surface area contributed by atoms with Gasteiger partial charge in [0.25, 0.3) is 0 Å². The third kappa shape index (κ3) is 4.83. The van der Waals surface area contributed by atoms with Gasteiger partial charge in [0.15, 0.2) is 23.8 Å². The summed E-state index contributed by atoms with van der Waals surface area (Å²) in [6.45, 7) is 12.8. The lowest BCUT2D eigenvalue weighted by Gasteiger charge is -2.60. The van der Waals surface area contributed by atoms with Gasteiger partial charge in [-0.3, -0.25) is 13.6 Å². The Hall–Kier alpha value is -0.210. The van der Waals surface area contributed by atoms with Crippen LogP contribution in [0.25, 0.3) is 0 Å². The second-order valence-corrected chi connectivity index (χ2v) is 17.9. The van der Waals surface area contributed by atoms with E-state index in [1.165, 1.54) is 7.11 Å². The minimum Gasteiger partial charge on any atom is -0.343 e. The molecule has 4 bridgehead atoms. The average molecular weight is 673 g/mol. The van der Waals surface area contributed by atoms with Crippen molar-refractivity contribution in [3.63, 3.8) is 0 Å². The molecular formula is C33H53O12P. The zero-order chi connectivity index (χ0) is 32.3. The Labute approximate surface area is 272 Å². The van der Waals surface area contributed by atoms with E-state index >= 15 is 0 Å². The number of ether oxygens (including phenoxy) is 4. The summed E-state index contributed by atoms with van der Waals surface area (Å²) in [6.07, 6.45) is 5.54. The molecule has 46 heavy (non-hydrogen) atoms. The van der Waals surface area contributed by atoms with Crippen LogP contribution >= 0.6 is 7.82 Å². The molecule has 0 aromatic heterocycles. The molecule has 0 aromatic carbocycles. The van der Waals surface area contributed by atoms with E-state index < -0.39 is 55.4 Å². The van der Waals surface area contributed by atoms with Gasteiger partial charge in [-0.15, -0.1) is 0 Å². The maximum Gasteiger partial charge on any atom is 0.474 e. The monoisotopic (exact) mass is 672 g/mol. The smallest absolute Gasteiger partial charge is 0.343 e. The highest BCUT2D eigenvalue weighted by Crippen LogP contribution is 2.63. The van der Waals surface area contributed by atoms with Crippen molar-refractivity contribution in [3.05, 3.63) is 0 Å². The van der Waals surface area contributed by atoms with Gasteiger partial charge in [0, 0.05) is 31.8 Å². The van der Waals surface area contributed by atoms with Crippen LogP contribution in [0, 0.1) is 47.3 Å². The fraction of sp³-hybridized carbons (Fsp3) is 1.00. The topological polar surface area (TPSA) is 119 Å². The zero-order valence-corrected chi connectivity index (χ0v) is 29.2. The first-order valence-corrected chi connectivity index (χ1v) is 19.2. The Balaban J connectivity index is 0.955. The van der Waals surface area contributed by atoms with Crippen LogP contribution in [0.1, 0.15) is 92.9 Å². The second-order valence-electron chi connectivity index (χ2n) is 16.1. The summed E-state index contributed by atoms with van der Waals surface area (Å²) in [5.74, 6) is 0.106. The standard InChI is InChI=1S/C33H53O12P/c1-18-8-10-24-20(3)26(38-28-32(24)22(18)12-14-30(5,40-28)42-44-32)16-36-46(34,35-7)37-17-27-21(4)25-11-9-19(2)23-13-15-31(6)41-29(39-27)33(23,25)45-43-31/h18-29H,8-17H2,1-7H3/t18-,19-,20+,21+,22+,23+,24+,25+,26-,27-,28-,29-,30-,31-,32-,33-/m1/s1. The Kier molecular flexibility index (Phi) is 8.17. The van der Waals surface area contributed by atoms with Gasteiger partial charge in [-0.25, -0.2) is 24.1 Å². The molecule has 12 nitrogen and oxygen atoms in total. The van der Waals surface area contributed by atoms with Gasteiger partial charge in [-0.1, -0.05) is 27.7 Å². The lowest BCUT2D eigenvalue weighted by molar-refractivity contribution is -0.571. The highest BCUT2D eigenvalue weighted by molar-refractivity contribution is 7.48. The average Bonchev–Trinajstić information content (AvgIpc) is 3.41. The molecule has 0 radical (unpaired) electrons. The summed E-state index contributed by atoms with van der Waals surface area (Å²) in [5.41, 5.74) is -1.34. The van der Waals surface area contributed by atoms with E-state index in [9.17, 15) is 4.57 Å². The Bertz CT molecular complexity index is 1140. The molecular weight excluding hydrogens is 619 g/mol. The van der Waals surface area contributed by atoms with Crippen LogP contribution in [-0.4, -0.2) is 67.9 Å². The fourth-order valence-corrected chi connectivity index (χ4v) is 11.8. The van der Waals surface area contributed by atoms with E-state index in [0.29, 0.717) is 11.8 Å². The molecule has 10 fully saturated rings. The van der Waals surface area contributed by atoms with Crippen molar-refractivity contribution >= 4 is 7.82 Å². The van der Waals surface area contributed by atoms with Crippen molar-refractivity contribution in [1.82, 2.24) is 0 Å². The van der Waals surface area contributed by atoms with E-state index in [1.54, 1.807) is 0 Å². The number of hydrogen-bond acceptors (Lipinski definition) is 12.